The molecule has 0 bridgehead atoms. The number of hydrogen-bond donors (Lipinski definition) is 1. The van der Waals surface area contributed by atoms with Gasteiger partial charge in [0.1, 0.15) is 11.4 Å². The fraction of sp³-hybridized carbons (Fsp3) is 0.429. The third-order valence-corrected chi connectivity index (χ3v) is 2.77. The summed E-state index contributed by atoms with van der Waals surface area (Å²) >= 11 is 0. The average Bonchev–Trinajstić information content (AvgIpc) is 2.84. The molecular formula is C14H19N3O2. The van der Waals surface area contributed by atoms with Gasteiger partial charge in [0, 0.05) is 13.0 Å². The van der Waals surface area contributed by atoms with E-state index in [1.54, 1.807) is 17.8 Å². The highest BCUT2D eigenvalue weighted by Crippen LogP contribution is 2.12. The molecule has 19 heavy (non-hydrogen) atoms. The Morgan fingerprint density at radius 3 is 2.95 bits per heavy atom. The van der Waals surface area contributed by atoms with E-state index in [2.05, 4.69) is 10.3 Å². The summed E-state index contributed by atoms with van der Waals surface area (Å²) in [5.41, 5.74) is 1.79. The van der Waals surface area contributed by atoms with Crippen molar-refractivity contribution in [3.63, 3.8) is 0 Å². The number of aryl methyl sites for hydroxylation is 2. The van der Waals surface area contributed by atoms with E-state index in [9.17, 15) is 5.11 Å². The number of nitrogens with zero attached hydrogens (tertiary/aromatic N) is 3. The molecule has 1 heterocycles. The zero-order chi connectivity index (χ0) is 13.7. The van der Waals surface area contributed by atoms with Gasteiger partial charge in [-0.15, -0.1) is 5.10 Å². The van der Waals surface area contributed by atoms with Crippen molar-refractivity contribution in [3.05, 3.63) is 41.7 Å². The van der Waals surface area contributed by atoms with Gasteiger partial charge >= 0.3 is 0 Å². The second-order valence-corrected chi connectivity index (χ2v) is 4.60. The van der Waals surface area contributed by atoms with Crippen LogP contribution in [0.3, 0.4) is 0 Å². The van der Waals surface area contributed by atoms with Crippen molar-refractivity contribution in [3.8, 4) is 5.75 Å². The summed E-state index contributed by atoms with van der Waals surface area (Å²) in [6.45, 7) is 5.08. The Morgan fingerprint density at radius 2 is 2.26 bits per heavy atom. The fourth-order valence-corrected chi connectivity index (χ4v) is 1.74. The monoisotopic (exact) mass is 261 g/mol. The Balaban J connectivity index is 1.74. The average molecular weight is 261 g/mol. The van der Waals surface area contributed by atoms with E-state index in [4.69, 9.17) is 4.74 Å². The molecule has 0 fully saturated rings. The molecule has 1 aromatic heterocycles. The summed E-state index contributed by atoms with van der Waals surface area (Å²) < 4.78 is 7.38. The fourth-order valence-electron chi connectivity index (χ4n) is 1.74. The van der Waals surface area contributed by atoms with Gasteiger partial charge in [-0.05, 0) is 31.5 Å². The first-order valence-corrected chi connectivity index (χ1v) is 6.43. The van der Waals surface area contributed by atoms with Gasteiger partial charge in [0.15, 0.2) is 0 Å². The first-order valence-electron chi connectivity index (χ1n) is 6.43. The molecule has 1 N–H and O–H groups in total. The molecule has 0 aliphatic heterocycles. The van der Waals surface area contributed by atoms with Gasteiger partial charge < -0.3 is 9.84 Å². The molecule has 0 saturated carbocycles. The van der Waals surface area contributed by atoms with Gasteiger partial charge in [-0.25, -0.2) is 0 Å². The Bertz CT molecular complexity index is 523. The molecule has 0 amide bonds. The maximum absolute atomic E-state index is 9.34. The van der Waals surface area contributed by atoms with Crippen LogP contribution >= 0.6 is 0 Å². The van der Waals surface area contributed by atoms with Gasteiger partial charge in [-0.3, -0.25) is 4.68 Å². The second kappa shape index (κ2) is 6.33. The molecule has 102 valence electrons. The largest absolute Gasteiger partial charge is 0.494 e. The Labute approximate surface area is 112 Å². The minimum atomic E-state index is -0.572. The van der Waals surface area contributed by atoms with Crippen LogP contribution < -0.4 is 4.74 Å². The summed E-state index contributed by atoms with van der Waals surface area (Å²) in [5, 5.41) is 17.2. The molecule has 5 heteroatoms. The standard InChI is InChI=1S/C14H19N3O2/c1-11-5-3-6-13(9-11)19-8-4-7-17-10-14(12(2)18)15-16-17/h3,5-6,9-10,12,18H,4,7-8H2,1-2H3. The lowest BCUT2D eigenvalue weighted by Crippen LogP contribution is -2.05. The van der Waals surface area contributed by atoms with Crippen LogP contribution in [-0.4, -0.2) is 26.7 Å². The van der Waals surface area contributed by atoms with Crippen molar-refractivity contribution in [2.24, 2.45) is 0 Å². The second-order valence-electron chi connectivity index (χ2n) is 4.60. The quantitative estimate of drug-likeness (QED) is 0.809. The third kappa shape index (κ3) is 4.06. The van der Waals surface area contributed by atoms with Crippen LogP contribution in [0.1, 0.15) is 30.7 Å². The Hall–Kier alpha value is -1.88. The first kappa shape index (κ1) is 13.5. The van der Waals surface area contributed by atoms with Gasteiger partial charge in [-0.1, -0.05) is 17.3 Å². The Kier molecular flexibility index (Phi) is 4.52. The topological polar surface area (TPSA) is 60.2 Å². The summed E-state index contributed by atoms with van der Waals surface area (Å²) in [5.74, 6) is 0.892. The number of ether oxygens (including phenoxy) is 1. The zero-order valence-corrected chi connectivity index (χ0v) is 11.3. The maximum atomic E-state index is 9.34. The number of rotatable bonds is 6. The van der Waals surface area contributed by atoms with E-state index in [-0.39, 0.29) is 0 Å². The van der Waals surface area contributed by atoms with Crippen molar-refractivity contribution in [2.75, 3.05) is 6.61 Å². The highest BCUT2D eigenvalue weighted by atomic mass is 16.5. The van der Waals surface area contributed by atoms with Crippen molar-refractivity contribution in [2.45, 2.75) is 32.9 Å². The van der Waals surface area contributed by atoms with Crippen LogP contribution in [0.15, 0.2) is 30.5 Å². The molecule has 2 aromatic rings. The summed E-state index contributed by atoms with van der Waals surface area (Å²) in [7, 11) is 0. The number of hydrogen-bond acceptors (Lipinski definition) is 4. The van der Waals surface area contributed by atoms with E-state index in [0.29, 0.717) is 12.3 Å². The number of aliphatic hydroxyl groups is 1. The molecule has 1 unspecified atom stereocenters. The van der Waals surface area contributed by atoms with Gasteiger partial charge in [0.25, 0.3) is 0 Å². The lowest BCUT2D eigenvalue weighted by atomic mass is 10.2. The molecule has 0 aliphatic carbocycles. The predicted octanol–water partition coefficient (Wildman–Crippen LogP) is 2.11. The van der Waals surface area contributed by atoms with Crippen molar-refractivity contribution >= 4 is 0 Å². The normalized spacial score (nSPS) is 12.4. The highest BCUT2D eigenvalue weighted by molar-refractivity contribution is 5.27. The minimum absolute atomic E-state index is 0.572. The SMILES string of the molecule is Cc1cccc(OCCCn2cc(C(C)O)nn2)c1. The predicted molar refractivity (Wildman–Crippen MR) is 71.9 cm³/mol. The van der Waals surface area contributed by atoms with Gasteiger partial charge in [0.05, 0.1) is 18.9 Å². The lowest BCUT2D eigenvalue weighted by molar-refractivity contribution is 0.194. The highest BCUT2D eigenvalue weighted by Gasteiger charge is 2.05. The van der Waals surface area contributed by atoms with Crippen LogP contribution in [0.2, 0.25) is 0 Å². The molecule has 5 nitrogen and oxygen atoms in total. The van der Waals surface area contributed by atoms with Crippen LogP contribution in [0, 0.1) is 6.92 Å². The van der Waals surface area contributed by atoms with E-state index < -0.39 is 6.10 Å². The van der Waals surface area contributed by atoms with Crippen LogP contribution in [-0.2, 0) is 6.54 Å². The van der Waals surface area contributed by atoms with Gasteiger partial charge in [0.2, 0.25) is 0 Å². The van der Waals surface area contributed by atoms with E-state index in [1.807, 2.05) is 31.2 Å². The number of aromatic nitrogens is 3. The van der Waals surface area contributed by atoms with E-state index in [1.165, 1.54) is 5.56 Å². The molecular weight excluding hydrogens is 242 g/mol. The summed E-state index contributed by atoms with van der Waals surface area (Å²) in [4.78, 5) is 0. The number of benzene rings is 1. The molecule has 0 aliphatic rings. The van der Waals surface area contributed by atoms with Crippen LogP contribution in [0.25, 0.3) is 0 Å². The molecule has 0 spiro atoms. The minimum Gasteiger partial charge on any atom is -0.494 e. The van der Waals surface area contributed by atoms with E-state index >= 15 is 0 Å². The third-order valence-electron chi connectivity index (χ3n) is 2.77. The summed E-state index contributed by atoms with van der Waals surface area (Å²) in [6.07, 6.45) is 2.03. The summed E-state index contributed by atoms with van der Waals surface area (Å²) in [6, 6.07) is 7.99. The Morgan fingerprint density at radius 1 is 1.42 bits per heavy atom. The molecule has 2 rings (SSSR count). The maximum Gasteiger partial charge on any atom is 0.119 e. The molecule has 0 radical (unpaired) electrons. The molecule has 1 aromatic carbocycles. The van der Waals surface area contributed by atoms with Crippen LogP contribution in [0.4, 0.5) is 0 Å². The zero-order valence-electron chi connectivity index (χ0n) is 11.3. The number of aliphatic hydroxyl groups excluding tert-OH is 1. The first-order chi connectivity index (χ1) is 9.15. The van der Waals surface area contributed by atoms with E-state index in [0.717, 1.165) is 18.7 Å². The smallest absolute Gasteiger partial charge is 0.119 e. The lowest BCUT2D eigenvalue weighted by Gasteiger charge is -2.06. The van der Waals surface area contributed by atoms with Crippen molar-refractivity contribution in [1.29, 1.82) is 0 Å². The van der Waals surface area contributed by atoms with Gasteiger partial charge in [-0.2, -0.15) is 0 Å². The van der Waals surface area contributed by atoms with Crippen molar-refractivity contribution in [1.82, 2.24) is 15.0 Å². The van der Waals surface area contributed by atoms with Crippen LogP contribution in [0.5, 0.6) is 5.75 Å². The van der Waals surface area contributed by atoms with Crippen molar-refractivity contribution < 1.29 is 9.84 Å². The molecule has 0 saturated heterocycles. The molecule has 1 atom stereocenters.